The van der Waals surface area contributed by atoms with Crippen LogP contribution in [0.15, 0.2) is 30.5 Å². The van der Waals surface area contributed by atoms with E-state index in [9.17, 15) is 23.2 Å². The Labute approximate surface area is 269 Å². The summed E-state index contributed by atoms with van der Waals surface area (Å²) < 4.78 is 44.6. The quantitative estimate of drug-likeness (QED) is 0.289. The van der Waals surface area contributed by atoms with Gasteiger partial charge in [0.25, 0.3) is 11.8 Å². The van der Waals surface area contributed by atoms with Gasteiger partial charge in [0.2, 0.25) is 11.8 Å². The first kappa shape index (κ1) is 34.0. The third kappa shape index (κ3) is 7.77. The van der Waals surface area contributed by atoms with Crippen LogP contribution in [-0.2, 0) is 9.59 Å². The van der Waals surface area contributed by atoms with Crippen molar-refractivity contribution in [3.05, 3.63) is 47.5 Å². The lowest BCUT2D eigenvalue weighted by molar-refractivity contribution is -0.132. The van der Waals surface area contributed by atoms with Gasteiger partial charge in [-0.1, -0.05) is 70.3 Å². The molecule has 3 amide bonds. The van der Waals surface area contributed by atoms with Crippen LogP contribution in [0.5, 0.6) is 0 Å². The van der Waals surface area contributed by atoms with Crippen molar-refractivity contribution in [2.24, 2.45) is 17.8 Å². The molecule has 5 rings (SSSR count). The summed E-state index contributed by atoms with van der Waals surface area (Å²) in [6.07, 6.45) is 11.8. The maximum atomic E-state index is 15.6. The SMILES string of the molecule is CC(C)n1nccc1C(=O)N[C@H](C(=O)Nc1ccc([C@H](C)C(=O)N2CCC(F)(F)C2)cc1F)C(C1CCCCC1)C1CCCCC1. The molecule has 2 saturated carbocycles. The number of anilines is 1. The first-order chi connectivity index (χ1) is 21.9. The molecule has 3 fully saturated rings. The normalized spacial score (nSPS) is 20.6. The number of hydrogen-bond acceptors (Lipinski definition) is 4. The van der Waals surface area contributed by atoms with Gasteiger partial charge in [-0.25, -0.2) is 13.2 Å². The molecule has 0 spiro atoms. The number of halogens is 3. The highest BCUT2D eigenvalue weighted by Gasteiger charge is 2.43. The Morgan fingerprint density at radius 3 is 2.11 bits per heavy atom. The van der Waals surface area contributed by atoms with Gasteiger partial charge in [0.05, 0.1) is 18.2 Å². The highest BCUT2D eigenvalue weighted by atomic mass is 19.3. The van der Waals surface area contributed by atoms with E-state index >= 15 is 4.39 Å². The minimum Gasteiger partial charge on any atom is -0.339 e. The zero-order chi connectivity index (χ0) is 33.0. The van der Waals surface area contributed by atoms with E-state index in [4.69, 9.17) is 0 Å². The third-order valence-electron chi connectivity index (χ3n) is 10.3. The van der Waals surface area contributed by atoms with E-state index in [-0.39, 0.29) is 42.4 Å². The number of nitrogens with one attached hydrogen (secondary N) is 2. The minimum atomic E-state index is -2.91. The number of carbonyl (C=O) groups is 3. The van der Waals surface area contributed by atoms with E-state index < -0.39 is 48.0 Å². The molecule has 46 heavy (non-hydrogen) atoms. The van der Waals surface area contributed by atoms with Crippen LogP contribution >= 0.6 is 0 Å². The number of benzene rings is 1. The standard InChI is InChI=1S/C35H48F3N5O3/c1-22(2)43-29(16-18-39-43)32(44)41-31(30(24-10-6-4-7-11-24)25-12-8-5-9-13-25)33(45)40-28-15-14-26(20-27(28)36)23(3)34(46)42-19-17-35(37,38)21-42/h14-16,18,20,22-25,30-31H,4-13,17,19,21H2,1-3H3,(H,40,45)(H,41,44)/t23-,31-/m0/s1. The molecule has 2 aliphatic carbocycles. The largest absolute Gasteiger partial charge is 0.339 e. The molecule has 2 aromatic rings. The van der Waals surface area contributed by atoms with Gasteiger partial charge in [0.1, 0.15) is 17.6 Å². The number of alkyl halides is 2. The topological polar surface area (TPSA) is 96.3 Å². The van der Waals surface area contributed by atoms with Crippen LogP contribution in [0.4, 0.5) is 18.9 Å². The molecule has 2 N–H and O–H groups in total. The fraction of sp³-hybridized carbons (Fsp3) is 0.657. The van der Waals surface area contributed by atoms with Gasteiger partial charge in [0.15, 0.2) is 0 Å². The summed E-state index contributed by atoms with van der Waals surface area (Å²) in [5.41, 5.74) is 0.646. The molecule has 1 aromatic heterocycles. The van der Waals surface area contributed by atoms with Gasteiger partial charge < -0.3 is 15.5 Å². The molecule has 1 aromatic carbocycles. The lowest BCUT2D eigenvalue weighted by Gasteiger charge is -2.42. The summed E-state index contributed by atoms with van der Waals surface area (Å²) in [5, 5.41) is 10.2. The Hall–Kier alpha value is -3.37. The second kappa shape index (κ2) is 14.6. The van der Waals surface area contributed by atoms with Crippen molar-refractivity contribution >= 4 is 23.4 Å². The summed E-state index contributed by atoms with van der Waals surface area (Å²) in [6.45, 7) is 4.75. The molecule has 1 saturated heterocycles. The van der Waals surface area contributed by atoms with Gasteiger partial charge in [-0.3, -0.25) is 19.1 Å². The third-order valence-corrected chi connectivity index (χ3v) is 10.3. The van der Waals surface area contributed by atoms with Crippen LogP contribution in [0.25, 0.3) is 0 Å². The Morgan fingerprint density at radius 2 is 1.57 bits per heavy atom. The Bertz CT molecular complexity index is 1370. The zero-order valence-electron chi connectivity index (χ0n) is 27.2. The van der Waals surface area contributed by atoms with E-state index in [1.165, 1.54) is 12.1 Å². The number of nitrogens with zero attached hydrogens (tertiary/aromatic N) is 3. The van der Waals surface area contributed by atoms with E-state index in [0.29, 0.717) is 11.3 Å². The predicted molar refractivity (Wildman–Crippen MR) is 170 cm³/mol. The van der Waals surface area contributed by atoms with E-state index in [1.54, 1.807) is 29.9 Å². The second-order valence-electron chi connectivity index (χ2n) is 13.9. The van der Waals surface area contributed by atoms with Crippen molar-refractivity contribution in [3.8, 4) is 0 Å². The molecule has 252 valence electrons. The monoisotopic (exact) mass is 643 g/mol. The van der Waals surface area contributed by atoms with E-state index in [0.717, 1.165) is 69.1 Å². The lowest BCUT2D eigenvalue weighted by atomic mass is 9.66. The van der Waals surface area contributed by atoms with Gasteiger partial charge in [-0.15, -0.1) is 0 Å². The average molecular weight is 644 g/mol. The average Bonchev–Trinajstić information content (AvgIpc) is 3.69. The summed E-state index contributed by atoms with van der Waals surface area (Å²) in [7, 11) is 0. The molecule has 8 nitrogen and oxygen atoms in total. The lowest BCUT2D eigenvalue weighted by Crippen LogP contribution is -2.53. The molecule has 0 bridgehead atoms. The number of carbonyl (C=O) groups excluding carboxylic acids is 3. The second-order valence-corrected chi connectivity index (χ2v) is 13.9. The number of aromatic nitrogens is 2. The molecule has 1 aliphatic heterocycles. The van der Waals surface area contributed by atoms with E-state index in [1.807, 2.05) is 13.8 Å². The first-order valence-electron chi connectivity index (χ1n) is 17.1. The fourth-order valence-corrected chi connectivity index (χ4v) is 7.88. The van der Waals surface area contributed by atoms with Gasteiger partial charge in [-0.2, -0.15) is 5.10 Å². The molecule has 0 unspecified atom stereocenters. The summed E-state index contributed by atoms with van der Waals surface area (Å²) >= 11 is 0. The number of rotatable bonds is 10. The molecular weight excluding hydrogens is 595 g/mol. The fourth-order valence-electron chi connectivity index (χ4n) is 7.88. The molecule has 0 radical (unpaired) electrons. The molecule has 3 aliphatic rings. The molecule has 2 atom stereocenters. The smallest absolute Gasteiger partial charge is 0.270 e. The summed E-state index contributed by atoms with van der Waals surface area (Å²) in [5.74, 6) is -5.39. The number of likely N-dealkylation sites (tertiary alicyclic amines) is 1. The van der Waals surface area contributed by atoms with E-state index in [2.05, 4.69) is 15.7 Å². The van der Waals surface area contributed by atoms with Crippen molar-refractivity contribution in [1.29, 1.82) is 0 Å². The highest BCUT2D eigenvalue weighted by molar-refractivity contribution is 6.01. The number of amides is 3. The molecule has 11 heteroatoms. The van der Waals surface area contributed by atoms with Crippen molar-refractivity contribution in [1.82, 2.24) is 20.0 Å². The maximum Gasteiger partial charge on any atom is 0.270 e. The van der Waals surface area contributed by atoms with Crippen LogP contribution in [0.3, 0.4) is 0 Å². The van der Waals surface area contributed by atoms with Crippen molar-refractivity contribution in [2.45, 2.75) is 115 Å². The Kier molecular flexibility index (Phi) is 10.8. The van der Waals surface area contributed by atoms with Crippen LogP contribution < -0.4 is 10.6 Å². The summed E-state index contributed by atoms with van der Waals surface area (Å²) in [6, 6.07) is 4.84. The van der Waals surface area contributed by atoms with Crippen molar-refractivity contribution in [3.63, 3.8) is 0 Å². The van der Waals surface area contributed by atoms with Gasteiger partial charge in [-0.05, 0) is 62.3 Å². The van der Waals surface area contributed by atoms with Crippen LogP contribution in [-0.4, -0.2) is 57.5 Å². The Balaban J connectivity index is 1.40. The zero-order valence-corrected chi connectivity index (χ0v) is 27.2. The van der Waals surface area contributed by atoms with Gasteiger partial charge in [0, 0.05) is 25.2 Å². The highest BCUT2D eigenvalue weighted by Crippen LogP contribution is 2.42. The van der Waals surface area contributed by atoms with Gasteiger partial charge >= 0.3 is 0 Å². The van der Waals surface area contributed by atoms with Crippen LogP contribution in [0, 0.1) is 23.6 Å². The summed E-state index contributed by atoms with van der Waals surface area (Å²) in [4.78, 5) is 42.0. The van der Waals surface area contributed by atoms with Crippen molar-refractivity contribution in [2.75, 3.05) is 18.4 Å². The first-order valence-corrected chi connectivity index (χ1v) is 17.1. The maximum absolute atomic E-state index is 15.6. The van der Waals surface area contributed by atoms with Crippen LogP contribution in [0.2, 0.25) is 0 Å². The van der Waals surface area contributed by atoms with Crippen molar-refractivity contribution < 1.29 is 27.6 Å². The number of hydrogen-bond donors (Lipinski definition) is 2. The minimum absolute atomic E-state index is 0.0407. The molecular formula is C35H48F3N5O3. The predicted octanol–water partition coefficient (Wildman–Crippen LogP) is 7.09. The van der Waals surface area contributed by atoms with Crippen LogP contribution in [0.1, 0.15) is 119 Å². The molecule has 2 heterocycles. The Morgan fingerprint density at radius 1 is 0.935 bits per heavy atom.